The highest BCUT2D eigenvalue weighted by atomic mass is 16.5. The van der Waals surface area contributed by atoms with Crippen LogP contribution in [0.4, 0.5) is 5.69 Å². The molecule has 0 saturated heterocycles. The number of carbonyl (C=O) groups is 2. The van der Waals surface area contributed by atoms with Gasteiger partial charge in [0, 0.05) is 17.8 Å². The lowest BCUT2D eigenvalue weighted by Crippen LogP contribution is -2.39. The number of anilines is 1. The summed E-state index contributed by atoms with van der Waals surface area (Å²) in [6.45, 7) is 7.48. The monoisotopic (exact) mass is 294 g/mol. The summed E-state index contributed by atoms with van der Waals surface area (Å²) < 4.78 is 10.4. The van der Waals surface area contributed by atoms with Crippen LogP contribution in [0.2, 0.25) is 0 Å². The van der Waals surface area contributed by atoms with E-state index in [9.17, 15) is 9.59 Å². The Morgan fingerprint density at radius 2 is 1.90 bits per heavy atom. The lowest BCUT2D eigenvalue weighted by molar-refractivity contribution is -0.129. The summed E-state index contributed by atoms with van der Waals surface area (Å²) >= 11 is 0. The van der Waals surface area contributed by atoms with Crippen molar-refractivity contribution in [1.29, 1.82) is 0 Å². The molecule has 1 unspecified atom stereocenters. The normalized spacial score (nSPS) is 11.9. The average Bonchev–Trinajstić information content (AvgIpc) is 2.37. The largest absolute Gasteiger partial charge is 0.494 e. The van der Waals surface area contributed by atoms with Gasteiger partial charge in [0.05, 0.1) is 12.2 Å². The molecule has 0 saturated carbocycles. The molecule has 1 atom stereocenters. The fraction of sp³-hybridized carbons (Fsp3) is 0.467. The number of hydrogen-bond donors (Lipinski definition) is 2. The van der Waals surface area contributed by atoms with Gasteiger partial charge in [-0.1, -0.05) is 0 Å². The molecule has 1 aromatic carbocycles. The highest BCUT2D eigenvalue weighted by Gasteiger charge is 2.20. The van der Waals surface area contributed by atoms with Crippen molar-refractivity contribution >= 4 is 17.6 Å². The zero-order valence-electron chi connectivity index (χ0n) is 12.8. The molecule has 6 nitrogen and oxygen atoms in total. The standard InChI is InChI=1S/C15H22N2O4/c1-5-20-13-7-11(6-12(16)8-13)15(19)21-10(4)14(18)17-9(2)3/h6-10H,5,16H2,1-4H3,(H,17,18). The van der Waals surface area contributed by atoms with E-state index in [0.717, 1.165) is 0 Å². The number of amides is 1. The molecule has 6 heteroatoms. The molecule has 116 valence electrons. The second-order valence-corrected chi connectivity index (χ2v) is 4.93. The predicted octanol–water partition coefficient (Wildman–Crippen LogP) is 1.74. The lowest BCUT2D eigenvalue weighted by atomic mass is 10.2. The van der Waals surface area contributed by atoms with Gasteiger partial charge < -0.3 is 20.5 Å². The van der Waals surface area contributed by atoms with Crippen molar-refractivity contribution in [3.63, 3.8) is 0 Å². The Bertz CT molecular complexity index is 514. The fourth-order valence-corrected chi connectivity index (χ4v) is 1.67. The van der Waals surface area contributed by atoms with Crippen molar-refractivity contribution in [2.45, 2.75) is 39.8 Å². The summed E-state index contributed by atoms with van der Waals surface area (Å²) in [4.78, 5) is 23.8. The third-order valence-corrected chi connectivity index (χ3v) is 2.56. The molecule has 1 aromatic rings. The van der Waals surface area contributed by atoms with Gasteiger partial charge in [0.1, 0.15) is 5.75 Å². The number of esters is 1. The summed E-state index contributed by atoms with van der Waals surface area (Å²) in [6.07, 6.45) is -0.878. The van der Waals surface area contributed by atoms with Crippen LogP contribution < -0.4 is 15.8 Å². The number of nitrogen functional groups attached to an aromatic ring is 1. The molecule has 0 aliphatic carbocycles. The summed E-state index contributed by atoms with van der Waals surface area (Å²) in [5.74, 6) is -0.467. The first kappa shape index (κ1) is 16.8. The van der Waals surface area contributed by atoms with Gasteiger partial charge in [-0.3, -0.25) is 4.79 Å². The Kier molecular flexibility index (Phi) is 6.02. The molecule has 0 bridgehead atoms. The number of nitrogens with one attached hydrogen (secondary N) is 1. The summed E-state index contributed by atoms with van der Waals surface area (Å²) in [6, 6.07) is 4.62. The number of rotatable bonds is 6. The number of hydrogen-bond acceptors (Lipinski definition) is 5. The summed E-state index contributed by atoms with van der Waals surface area (Å²) in [5, 5.41) is 2.68. The van der Waals surface area contributed by atoms with Crippen molar-refractivity contribution in [2.24, 2.45) is 0 Å². The van der Waals surface area contributed by atoms with E-state index < -0.39 is 12.1 Å². The van der Waals surface area contributed by atoms with Gasteiger partial charge in [0.25, 0.3) is 5.91 Å². The number of nitrogens with two attached hydrogens (primary N) is 1. The van der Waals surface area contributed by atoms with Crippen LogP contribution >= 0.6 is 0 Å². The Morgan fingerprint density at radius 1 is 1.24 bits per heavy atom. The Labute approximate surface area is 124 Å². The molecule has 0 radical (unpaired) electrons. The second kappa shape index (κ2) is 7.52. The van der Waals surface area contributed by atoms with E-state index in [-0.39, 0.29) is 17.5 Å². The molecule has 21 heavy (non-hydrogen) atoms. The zero-order chi connectivity index (χ0) is 16.0. The SMILES string of the molecule is CCOc1cc(N)cc(C(=O)OC(C)C(=O)NC(C)C)c1. The smallest absolute Gasteiger partial charge is 0.339 e. The molecule has 0 aliphatic heterocycles. The lowest BCUT2D eigenvalue weighted by Gasteiger charge is -2.15. The number of carbonyl (C=O) groups excluding carboxylic acids is 2. The van der Waals surface area contributed by atoms with Gasteiger partial charge in [-0.05, 0) is 39.8 Å². The van der Waals surface area contributed by atoms with E-state index in [2.05, 4.69) is 5.32 Å². The zero-order valence-corrected chi connectivity index (χ0v) is 12.8. The van der Waals surface area contributed by atoms with Crippen molar-refractivity contribution in [3.05, 3.63) is 23.8 Å². The summed E-state index contributed by atoms with van der Waals surface area (Å²) in [5.41, 5.74) is 6.36. The van der Waals surface area contributed by atoms with E-state index in [1.54, 1.807) is 6.07 Å². The third kappa shape index (κ3) is 5.33. The van der Waals surface area contributed by atoms with E-state index in [1.165, 1.54) is 19.1 Å². The minimum atomic E-state index is -0.878. The van der Waals surface area contributed by atoms with E-state index in [4.69, 9.17) is 15.2 Å². The maximum atomic E-state index is 12.0. The molecule has 0 aliphatic rings. The van der Waals surface area contributed by atoms with E-state index >= 15 is 0 Å². The minimum absolute atomic E-state index is 0.0180. The van der Waals surface area contributed by atoms with Crippen molar-refractivity contribution in [1.82, 2.24) is 5.32 Å². The molecule has 1 amide bonds. The van der Waals surface area contributed by atoms with Crippen LogP contribution in [-0.4, -0.2) is 30.6 Å². The first-order valence-corrected chi connectivity index (χ1v) is 6.88. The Balaban J connectivity index is 2.77. The number of benzene rings is 1. The molecule has 0 aromatic heterocycles. The van der Waals surface area contributed by atoms with Gasteiger partial charge in [-0.2, -0.15) is 0 Å². The van der Waals surface area contributed by atoms with Crippen molar-refractivity contribution in [3.8, 4) is 5.75 Å². The maximum absolute atomic E-state index is 12.0. The highest BCUT2D eigenvalue weighted by molar-refractivity contribution is 5.93. The molecule has 3 N–H and O–H groups in total. The molecular formula is C15H22N2O4. The highest BCUT2D eigenvalue weighted by Crippen LogP contribution is 2.20. The molecule has 0 heterocycles. The maximum Gasteiger partial charge on any atom is 0.339 e. The quantitative estimate of drug-likeness (QED) is 0.616. The van der Waals surface area contributed by atoms with Crippen LogP contribution in [0.5, 0.6) is 5.75 Å². The molecular weight excluding hydrogens is 272 g/mol. The van der Waals surface area contributed by atoms with Gasteiger partial charge in [0.15, 0.2) is 6.10 Å². The van der Waals surface area contributed by atoms with Crippen molar-refractivity contribution < 1.29 is 19.1 Å². The van der Waals surface area contributed by atoms with Crippen LogP contribution in [0.15, 0.2) is 18.2 Å². The van der Waals surface area contributed by atoms with Crippen LogP contribution in [-0.2, 0) is 9.53 Å². The van der Waals surface area contributed by atoms with Gasteiger partial charge in [-0.15, -0.1) is 0 Å². The van der Waals surface area contributed by atoms with Crippen LogP contribution in [0, 0.1) is 0 Å². The minimum Gasteiger partial charge on any atom is -0.494 e. The van der Waals surface area contributed by atoms with Crippen LogP contribution in [0.3, 0.4) is 0 Å². The first-order chi connectivity index (χ1) is 9.83. The van der Waals surface area contributed by atoms with Gasteiger partial charge in [0.2, 0.25) is 0 Å². The Morgan fingerprint density at radius 3 is 2.48 bits per heavy atom. The van der Waals surface area contributed by atoms with Crippen LogP contribution in [0.1, 0.15) is 38.1 Å². The summed E-state index contributed by atoms with van der Waals surface area (Å²) in [7, 11) is 0. The van der Waals surface area contributed by atoms with Gasteiger partial charge in [-0.25, -0.2) is 4.79 Å². The molecule has 1 rings (SSSR count). The van der Waals surface area contributed by atoms with E-state index in [0.29, 0.717) is 18.0 Å². The Hall–Kier alpha value is -2.24. The van der Waals surface area contributed by atoms with Crippen LogP contribution in [0.25, 0.3) is 0 Å². The van der Waals surface area contributed by atoms with Gasteiger partial charge >= 0.3 is 5.97 Å². The number of ether oxygens (including phenoxy) is 2. The first-order valence-electron chi connectivity index (χ1n) is 6.88. The third-order valence-electron chi connectivity index (χ3n) is 2.56. The topological polar surface area (TPSA) is 90.7 Å². The predicted molar refractivity (Wildman–Crippen MR) is 80.2 cm³/mol. The molecule has 0 spiro atoms. The fourth-order valence-electron chi connectivity index (χ4n) is 1.67. The molecule has 0 fully saturated rings. The average molecular weight is 294 g/mol. The second-order valence-electron chi connectivity index (χ2n) is 4.93. The van der Waals surface area contributed by atoms with E-state index in [1.807, 2.05) is 20.8 Å². The van der Waals surface area contributed by atoms with Crippen molar-refractivity contribution in [2.75, 3.05) is 12.3 Å².